The fourth-order valence-corrected chi connectivity index (χ4v) is 2.73. The van der Waals surface area contributed by atoms with E-state index in [-0.39, 0.29) is 6.61 Å². The van der Waals surface area contributed by atoms with Crippen molar-refractivity contribution >= 4 is 23.3 Å². The number of para-hydroxylation sites is 1. The van der Waals surface area contributed by atoms with Gasteiger partial charge in [-0.2, -0.15) is 0 Å². The molecule has 0 radical (unpaired) electrons. The van der Waals surface area contributed by atoms with Crippen LogP contribution in [0.15, 0.2) is 48.5 Å². The molecule has 7 heteroatoms. The molecule has 0 aliphatic carbocycles. The molecule has 0 spiro atoms. The van der Waals surface area contributed by atoms with E-state index in [2.05, 4.69) is 10.6 Å². The maximum atomic E-state index is 12.4. The topological polar surface area (TPSA) is 79.8 Å². The van der Waals surface area contributed by atoms with Gasteiger partial charge in [0.05, 0.1) is 30.0 Å². The highest BCUT2D eigenvalue weighted by molar-refractivity contribution is 6.32. The van der Waals surface area contributed by atoms with Crippen molar-refractivity contribution in [1.29, 1.82) is 0 Å². The number of carbonyl (C=O) groups is 1. The van der Waals surface area contributed by atoms with Gasteiger partial charge in [-0.1, -0.05) is 48.0 Å². The molecule has 0 aliphatic heterocycles. The molecule has 2 aromatic carbocycles. The highest BCUT2D eigenvalue weighted by Crippen LogP contribution is 2.32. The third-order valence-electron chi connectivity index (χ3n) is 3.77. The molecule has 6 nitrogen and oxygen atoms in total. The van der Waals surface area contributed by atoms with E-state index in [9.17, 15) is 9.90 Å². The van der Waals surface area contributed by atoms with E-state index in [1.165, 1.54) is 0 Å². The molecule has 0 fully saturated rings. The molecule has 3 N–H and O–H groups in total. The van der Waals surface area contributed by atoms with Crippen LogP contribution in [0.3, 0.4) is 0 Å². The minimum absolute atomic E-state index is 0.171. The summed E-state index contributed by atoms with van der Waals surface area (Å²) >= 11 is 6.19. The second kappa shape index (κ2) is 11.4. The molecule has 2 aromatic rings. The van der Waals surface area contributed by atoms with E-state index in [0.29, 0.717) is 42.7 Å². The number of hydrogen-bond donors (Lipinski definition) is 3. The van der Waals surface area contributed by atoms with Gasteiger partial charge in [-0.25, -0.2) is 4.79 Å². The first kappa shape index (κ1) is 21.0. The van der Waals surface area contributed by atoms with Crippen LogP contribution in [-0.4, -0.2) is 43.6 Å². The van der Waals surface area contributed by atoms with Crippen molar-refractivity contribution in [3.05, 3.63) is 59.1 Å². The zero-order chi connectivity index (χ0) is 19.5. The van der Waals surface area contributed by atoms with Gasteiger partial charge in [0.1, 0.15) is 6.61 Å². The zero-order valence-electron chi connectivity index (χ0n) is 15.3. The summed E-state index contributed by atoms with van der Waals surface area (Å²) in [6.45, 7) is 3.08. The maximum absolute atomic E-state index is 12.4. The van der Waals surface area contributed by atoms with Gasteiger partial charge >= 0.3 is 6.03 Å². The van der Waals surface area contributed by atoms with Gasteiger partial charge in [-0.3, -0.25) is 0 Å². The number of hydrogen-bond acceptors (Lipinski definition) is 4. The van der Waals surface area contributed by atoms with Gasteiger partial charge < -0.3 is 25.2 Å². The molecule has 146 valence electrons. The molecule has 0 aliphatic rings. The molecular weight excluding hydrogens is 368 g/mol. The van der Waals surface area contributed by atoms with Gasteiger partial charge in [0.25, 0.3) is 0 Å². The molecule has 0 heterocycles. The van der Waals surface area contributed by atoms with Crippen molar-refractivity contribution < 1.29 is 19.4 Å². The van der Waals surface area contributed by atoms with Crippen LogP contribution in [-0.2, 0) is 11.2 Å². The Labute approximate surface area is 164 Å². The smallest absolute Gasteiger partial charge is 0.319 e. The third-order valence-corrected chi connectivity index (χ3v) is 4.07. The summed E-state index contributed by atoms with van der Waals surface area (Å²) < 4.78 is 10.9. The largest absolute Gasteiger partial charge is 0.487 e. The Kier molecular flexibility index (Phi) is 8.91. The Hall–Kier alpha value is -2.28. The van der Waals surface area contributed by atoms with Crippen LogP contribution in [0.4, 0.5) is 10.5 Å². The molecule has 1 unspecified atom stereocenters. The number of aliphatic hydroxyl groups is 1. The van der Waals surface area contributed by atoms with Crippen molar-refractivity contribution in [3.63, 3.8) is 0 Å². The van der Waals surface area contributed by atoms with Gasteiger partial charge in [-0.15, -0.1) is 0 Å². The Balaban J connectivity index is 1.96. The normalized spacial score (nSPS) is 11.7. The lowest BCUT2D eigenvalue weighted by Crippen LogP contribution is -2.41. The van der Waals surface area contributed by atoms with Crippen molar-refractivity contribution in [2.24, 2.45) is 0 Å². The summed E-state index contributed by atoms with van der Waals surface area (Å²) in [6.07, 6.45) is 0.526. The second-order valence-electron chi connectivity index (χ2n) is 5.83. The van der Waals surface area contributed by atoms with Crippen molar-refractivity contribution in [3.8, 4) is 5.75 Å². The van der Waals surface area contributed by atoms with Gasteiger partial charge in [-0.05, 0) is 31.0 Å². The van der Waals surface area contributed by atoms with Gasteiger partial charge in [0.2, 0.25) is 0 Å². The summed E-state index contributed by atoms with van der Waals surface area (Å²) in [5.41, 5.74) is 1.48. The number of carbonyl (C=O) groups excluding carboxylic acids is 1. The lowest BCUT2D eigenvalue weighted by molar-refractivity contribution is 0.110. The number of rotatable bonds is 10. The molecule has 0 aromatic heterocycles. The predicted molar refractivity (Wildman–Crippen MR) is 107 cm³/mol. The Morgan fingerprint density at radius 3 is 2.63 bits per heavy atom. The van der Waals surface area contributed by atoms with Crippen LogP contribution in [0.1, 0.15) is 12.5 Å². The van der Waals surface area contributed by atoms with E-state index in [0.717, 1.165) is 5.56 Å². The number of aliphatic hydroxyl groups excluding tert-OH is 1. The van der Waals surface area contributed by atoms with E-state index in [4.69, 9.17) is 21.1 Å². The number of anilines is 1. The molecule has 0 saturated heterocycles. The van der Waals surface area contributed by atoms with E-state index >= 15 is 0 Å². The minimum Gasteiger partial charge on any atom is -0.487 e. The summed E-state index contributed by atoms with van der Waals surface area (Å²) in [5, 5.41) is 15.5. The fraction of sp³-hybridized carbons (Fsp3) is 0.350. The highest BCUT2D eigenvalue weighted by atomic mass is 35.5. The first-order valence-electron chi connectivity index (χ1n) is 8.85. The number of amides is 2. The molecule has 0 bridgehead atoms. The maximum Gasteiger partial charge on any atom is 0.319 e. The quantitative estimate of drug-likeness (QED) is 0.541. The lowest BCUT2D eigenvalue weighted by Gasteiger charge is -2.18. The number of ether oxygens (including phenoxy) is 2. The Morgan fingerprint density at radius 2 is 1.93 bits per heavy atom. The number of benzene rings is 2. The van der Waals surface area contributed by atoms with Crippen molar-refractivity contribution in [1.82, 2.24) is 5.32 Å². The monoisotopic (exact) mass is 392 g/mol. The zero-order valence-corrected chi connectivity index (χ0v) is 16.0. The van der Waals surface area contributed by atoms with E-state index < -0.39 is 12.1 Å². The molecular formula is C20H25ClN2O4. The summed E-state index contributed by atoms with van der Waals surface area (Å²) in [4.78, 5) is 12.4. The van der Waals surface area contributed by atoms with E-state index in [1.54, 1.807) is 18.2 Å². The van der Waals surface area contributed by atoms with Crippen LogP contribution in [0.5, 0.6) is 5.75 Å². The second-order valence-corrected chi connectivity index (χ2v) is 6.24. The standard InChI is InChI=1S/C20H25ClN2O4/c1-2-26-11-12-27-19-17(21)9-6-10-18(19)23-20(25)22-16(14-24)13-15-7-4-3-5-8-15/h3-10,16,24H,2,11-14H2,1H3,(H2,22,23,25). The van der Waals surface area contributed by atoms with E-state index in [1.807, 2.05) is 37.3 Å². The van der Waals surface area contributed by atoms with Crippen LogP contribution in [0.2, 0.25) is 5.02 Å². The Bertz CT molecular complexity index is 712. The van der Waals surface area contributed by atoms with Crippen LogP contribution in [0.25, 0.3) is 0 Å². The summed E-state index contributed by atoms with van der Waals surface area (Å²) in [6, 6.07) is 13.9. The number of nitrogens with one attached hydrogen (secondary N) is 2. The highest BCUT2D eigenvalue weighted by Gasteiger charge is 2.15. The van der Waals surface area contributed by atoms with Crippen LogP contribution < -0.4 is 15.4 Å². The molecule has 27 heavy (non-hydrogen) atoms. The van der Waals surface area contributed by atoms with Crippen LogP contribution >= 0.6 is 11.6 Å². The van der Waals surface area contributed by atoms with Crippen molar-refractivity contribution in [2.45, 2.75) is 19.4 Å². The summed E-state index contributed by atoms with van der Waals surface area (Å²) in [5.74, 6) is 0.387. The van der Waals surface area contributed by atoms with Crippen LogP contribution in [0, 0.1) is 0 Å². The SMILES string of the molecule is CCOCCOc1c(Cl)cccc1NC(=O)NC(CO)Cc1ccccc1. The fourth-order valence-electron chi connectivity index (χ4n) is 2.50. The first-order chi connectivity index (χ1) is 13.1. The molecule has 0 saturated carbocycles. The number of urea groups is 1. The first-order valence-corrected chi connectivity index (χ1v) is 9.23. The summed E-state index contributed by atoms with van der Waals surface area (Å²) in [7, 11) is 0. The van der Waals surface area contributed by atoms with Gasteiger partial charge in [0.15, 0.2) is 5.75 Å². The lowest BCUT2D eigenvalue weighted by atomic mass is 10.1. The minimum atomic E-state index is -0.443. The third kappa shape index (κ3) is 7.09. The van der Waals surface area contributed by atoms with Crippen molar-refractivity contribution in [2.75, 3.05) is 31.7 Å². The molecule has 2 amide bonds. The van der Waals surface area contributed by atoms with Gasteiger partial charge in [0, 0.05) is 6.61 Å². The predicted octanol–water partition coefficient (Wildman–Crippen LogP) is 3.48. The number of halogens is 1. The molecule has 2 rings (SSSR count). The molecule has 1 atom stereocenters. The average Bonchev–Trinajstić information content (AvgIpc) is 2.67. The average molecular weight is 393 g/mol. The Morgan fingerprint density at radius 1 is 1.15 bits per heavy atom.